The van der Waals surface area contributed by atoms with Gasteiger partial charge in [0, 0.05) is 6.54 Å². The number of aliphatic hydroxyl groups is 1. The van der Waals surface area contributed by atoms with Crippen molar-refractivity contribution in [3.8, 4) is 11.5 Å². The first kappa shape index (κ1) is 24.1. The highest BCUT2D eigenvalue weighted by Crippen LogP contribution is 2.15. The largest absolute Gasteiger partial charge is 0.497 e. The van der Waals surface area contributed by atoms with Gasteiger partial charge in [0.25, 0.3) is 0 Å². The molecule has 0 fully saturated rings. The fourth-order valence-electron chi connectivity index (χ4n) is 3.12. The highest BCUT2D eigenvalue weighted by atomic mass is 16.6. The van der Waals surface area contributed by atoms with Crippen LogP contribution in [0.4, 0.5) is 4.79 Å². The predicted octanol–water partition coefficient (Wildman–Crippen LogP) is 4.38. The van der Waals surface area contributed by atoms with Gasteiger partial charge in [-0.05, 0) is 47.4 Å². The molecule has 0 aromatic heterocycles. The number of amides is 1. The van der Waals surface area contributed by atoms with Crippen molar-refractivity contribution in [2.45, 2.75) is 26.0 Å². The number of nitrogens with zero attached hydrogens (tertiary/aromatic N) is 1. The zero-order valence-electron chi connectivity index (χ0n) is 18.8. The lowest BCUT2D eigenvalue weighted by Crippen LogP contribution is -2.43. The molecular weight excluding hydrogens is 422 g/mol. The second-order valence-corrected chi connectivity index (χ2v) is 7.32. The molecule has 1 unspecified atom stereocenters. The van der Waals surface area contributed by atoms with E-state index in [-0.39, 0.29) is 19.8 Å². The van der Waals surface area contributed by atoms with Crippen molar-refractivity contribution in [1.29, 1.82) is 0 Å². The molecule has 0 saturated heterocycles. The van der Waals surface area contributed by atoms with Gasteiger partial charge < -0.3 is 24.1 Å². The molecular formula is C26H29NO6. The molecule has 1 atom stereocenters. The highest BCUT2D eigenvalue weighted by molar-refractivity contribution is 5.67. The zero-order valence-corrected chi connectivity index (χ0v) is 18.8. The number of methoxy groups -OCH3 is 2. The van der Waals surface area contributed by atoms with Crippen LogP contribution in [0.5, 0.6) is 11.5 Å². The van der Waals surface area contributed by atoms with Crippen molar-refractivity contribution in [3.05, 3.63) is 95.6 Å². The number of carbonyl (C=O) groups is 1. The summed E-state index contributed by atoms with van der Waals surface area (Å²) in [5.74, 6) is 1.45. The minimum Gasteiger partial charge on any atom is -0.497 e. The Balaban J connectivity index is 1.62. The van der Waals surface area contributed by atoms with Gasteiger partial charge in [-0.15, -0.1) is 0 Å². The Hall–Kier alpha value is -3.55. The molecule has 0 bridgehead atoms. The lowest BCUT2D eigenvalue weighted by atomic mass is 10.1. The third-order valence-corrected chi connectivity index (χ3v) is 5.06. The first-order valence-electron chi connectivity index (χ1n) is 10.6. The summed E-state index contributed by atoms with van der Waals surface area (Å²) < 4.78 is 21.3. The highest BCUT2D eigenvalue weighted by Gasteiger charge is 2.24. The van der Waals surface area contributed by atoms with E-state index in [0.717, 1.165) is 28.2 Å². The zero-order chi connectivity index (χ0) is 23.5. The van der Waals surface area contributed by atoms with Gasteiger partial charge in [-0.1, -0.05) is 54.6 Å². The van der Waals surface area contributed by atoms with E-state index in [0.29, 0.717) is 6.42 Å². The molecule has 33 heavy (non-hydrogen) atoms. The summed E-state index contributed by atoms with van der Waals surface area (Å²) in [6.07, 6.45) is -1.58. The van der Waals surface area contributed by atoms with Crippen LogP contribution in [0.2, 0.25) is 0 Å². The molecule has 0 aliphatic heterocycles. The van der Waals surface area contributed by atoms with Gasteiger partial charge in [0.1, 0.15) is 18.1 Å². The van der Waals surface area contributed by atoms with Crippen LogP contribution in [0.25, 0.3) is 0 Å². The van der Waals surface area contributed by atoms with Crippen LogP contribution in [0.3, 0.4) is 0 Å². The van der Waals surface area contributed by atoms with E-state index in [4.69, 9.17) is 18.9 Å². The smallest absolute Gasteiger partial charge is 0.414 e. The summed E-state index contributed by atoms with van der Waals surface area (Å²) >= 11 is 0. The Labute approximate surface area is 194 Å². The molecule has 7 nitrogen and oxygen atoms in total. The Morgan fingerprint density at radius 3 is 1.88 bits per heavy atom. The number of rotatable bonds is 11. The summed E-state index contributed by atoms with van der Waals surface area (Å²) in [6, 6.07) is 24.2. The lowest BCUT2D eigenvalue weighted by molar-refractivity contribution is -0.188. The second kappa shape index (κ2) is 12.5. The van der Waals surface area contributed by atoms with Crippen LogP contribution < -0.4 is 9.47 Å². The van der Waals surface area contributed by atoms with Crippen molar-refractivity contribution in [3.63, 3.8) is 0 Å². The topological polar surface area (TPSA) is 77.5 Å². The lowest BCUT2D eigenvalue weighted by Gasteiger charge is -2.27. The molecule has 0 aliphatic carbocycles. The molecule has 0 radical (unpaired) electrons. The van der Waals surface area contributed by atoms with E-state index >= 15 is 0 Å². The number of hydrogen-bond acceptors (Lipinski definition) is 6. The van der Waals surface area contributed by atoms with E-state index in [9.17, 15) is 9.90 Å². The Morgan fingerprint density at radius 1 is 0.788 bits per heavy atom. The quantitative estimate of drug-likeness (QED) is 0.436. The van der Waals surface area contributed by atoms with Gasteiger partial charge in [-0.3, -0.25) is 4.90 Å². The predicted molar refractivity (Wildman–Crippen MR) is 124 cm³/mol. The summed E-state index contributed by atoms with van der Waals surface area (Å²) in [4.78, 5) is 14.0. The summed E-state index contributed by atoms with van der Waals surface area (Å²) in [7, 11) is 3.18. The van der Waals surface area contributed by atoms with Crippen molar-refractivity contribution in [2.75, 3.05) is 20.8 Å². The fourth-order valence-corrected chi connectivity index (χ4v) is 3.12. The van der Waals surface area contributed by atoms with E-state index in [2.05, 4.69) is 0 Å². The fraction of sp³-hybridized carbons (Fsp3) is 0.269. The Morgan fingerprint density at radius 2 is 1.33 bits per heavy atom. The van der Waals surface area contributed by atoms with E-state index < -0.39 is 12.5 Å². The van der Waals surface area contributed by atoms with Crippen LogP contribution in [0.15, 0.2) is 78.9 Å². The van der Waals surface area contributed by atoms with Crippen LogP contribution >= 0.6 is 0 Å². The van der Waals surface area contributed by atoms with E-state index in [1.54, 1.807) is 38.5 Å². The first-order chi connectivity index (χ1) is 16.1. The van der Waals surface area contributed by atoms with Crippen LogP contribution in [-0.2, 0) is 29.1 Å². The summed E-state index contributed by atoms with van der Waals surface area (Å²) in [5, 5.41) is 10.6. The summed E-state index contributed by atoms with van der Waals surface area (Å²) in [5.41, 5.74) is 2.68. The van der Waals surface area contributed by atoms with Gasteiger partial charge in [-0.2, -0.15) is 0 Å². The van der Waals surface area contributed by atoms with Gasteiger partial charge in [0.05, 0.1) is 20.8 Å². The van der Waals surface area contributed by atoms with E-state index in [1.807, 2.05) is 54.6 Å². The molecule has 1 amide bonds. The molecule has 3 rings (SSSR count). The number of aliphatic hydroxyl groups excluding tert-OH is 1. The molecule has 7 heteroatoms. The first-order valence-corrected chi connectivity index (χ1v) is 10.6. The number of ether oxygens (including phenoxy) is 4. The maximum absolute atomic E-state index is 12.8. The van der Waals surface area contributed by atoms with Crippen molar-refractivity contribution < 1.29 is 28.8 Å². The number of benzene rings is 3. The standard InChI is InChI=1S/C26H29NO6/c1-30-23-12-8-21(9-13-23)18-32-25(28)27(17-16-20-6-4-3-5-7-20)26(29)33-19-22-10-14-24(31-2)15-11-22/h3-15,25,28H,16-19H2,1-2H3. The van der Waals surface area contributed by atoms with Gasteiger partial charge in [0.2, 0.25) is 6.41 Å². The molecule has 0 spiro atoms. The normalized spacial score (nSPS) is 11.5. The molecule has 3 aromatic rings. The van der Waals surface area contributed by atoms with Gasteiger partial charge >= 0.3 is 6.09 Å². The third-order valence-electron chi connectivity index (χ3n) is 5.06. The maximum atomic E-state index is 12.8. The van der Waals surface area contributed by atoms with Crippen molar-refractivity contribution >= 4 is 6.09 Å². The molecule has 0 aliphatic rings. The number of hydrogen-bond donors (Lipinski definition) is 1. The van der Waals surface area contributed by atoms with Gasteiger partial charge in [-0.25, -0.2) is 4.79 Å². The molecule has 0 heterocycles. The molecule has 3 aromatic carbocycles. The maximum Gasteiger partial charge on any atom is 0.414 e. The monoisotopic (exact) mass is 451 g/mol. The average molecular weight is 452 g/mol. The van der Waals surface area contributed by atoms with Gasteiger partial charge in [0.15, 0.2) is 0 Å². The minimum atomic E-state index is -1.46. The minimum absolute atomic E-state index is 0.0653. The Bertz CT molecular complexity index is 976. The van der Waals surface area contributed by atoms with Crippen LogP contribution in [0.1, 0.15) is 16.7 Å². The molecule has 174 valence electrons. The summed E-state index contributed by atoms with van der Waals surface area (Å²) in [6.45, 7) is 0.420. The third kappa shape index (κ3) is 7.52. The average Bonchev–Trinajstić information content (AvgIpc) is 2.87. The van der Waals surface area contributed by atoms with Crippen LogP contribution in [0, 0.1) is 0 Å². The SMILES string of the molecule is COc1ccc(COC(=O)N(CCc2ccccc2)C(O)OCc2ccc(OC)cc2)cc1. The van der Waals surface area contributed by atoms with Crippen molar-refractivity contribution in [1.82, 2.24) is 4.90 Å². The van der Waals surface area contributed by atoms with E-state index in [1.165, 1.54) is 4.90 Å². The number of carbonyl (C=O) groups excluding carboxylic acids is 1. The Kier molecular flexibility index (Phi) is 9.11. The second-order valence-electron chi connectivity index (χ2n) is 7.32. The molecule has 1 N–H and O–H groups in total. The molecule has 0 saturated carbocycles. The van der Waals surface area contributed by atoms with Crippen LogP contribution in [-0.4, -0.2) is 43.3 Å². The van der Waals surface area contributed by atoms with Crippen molar-refractivity contribution in [2.24, 2.45) is 0 Å².